The van der Waals surface area contributed by atoms with Crippen molar-refractivity contribution < 1.29 is 4.74 Å². The lowest BCUT2D eigenvalue weighted by molar-refractivity contribution is 0.236. The standard InChI is InChI=1S/C19H22O3/c1-4-5-9-15(14-10-7-6-8-11-14)12-16-17(20)18(21)19(16)22-13(2)3/h6-8,10-13H,4-5,9H2,1-3H3/b15-12-. The van der Waals surface area contributed by atoms with Crippen LogP contribution in [0.1, 0.15) is 51.2 Å². The summed E-state index contributed by atoms with van der Waals surface area (Å²) in [6.07, 6.45) is 4.70. The van der Waals surface area contributed by atoms with E-state index in [4.69, 9.17) is 4.74 Å². The van der Waals surface area contributed by atoms with Gasteiger partial charge < -0.3 is 4.74 Å². The number of allylic oxidation sites excluding steroid dienone is 1. The molecule has 0 aliphatic heterocycles. The Hall–Kier alpha value is -2.16. The molecule has 0 aromatic heterocycles. The second kappa shape index (κ2) is 7.21. The van der Waals surface area contributed by atoms with E-state index in [-0.39, 0.29) is 11.9 Å². The molecule has 0 heterocycles. The van der Waals surface area contributed by atoms with Crippen LogP contribution in [0.15, 0.2) is 39.9 Å². The number of unbranched alkanes of at least 4 members (excludes halogenated alkanes) is 1. The molecule has 0 N–H and O–H groups in total. The summed E-state index contributed by atoms with van der Waals surface area (Å²) in [7, 11) is 0. The van der Waals surface area contributed by atoms with Crippen LogP contribution in [0.4, 0.5) is 0 Å². The summed E-state index contributed by atoms with van der Waals surface area (Å²) < 4.78 is 5.49. The smallest absolute Gasteiger partial charge is 0.268 e. The zero-order chi connectivity index (χ0) is 16.1. The van der Waals surface area contributed by atoms with Gasteiger partial charge in [-0.2, -0.15) is 0 Å². The zero-order valence-electron chi connectivity index (χ0n) is 13.4. The molecule has 0 bridgehead atoms. The lowest BCUT2D eigenvalue weighted by atomic mass is 9.96. The first-order valence-electron chi connectivity index (χ1n) is 7.80. The maximum atomic E-state index is 11.9. The highest BCUT2D eigenvalue weighted by molar-refractivity contribution is 5.84. The first kappa shape index (κ1) is 16.2. The van der Waals surface area contributed by atoms with Crippen molar-refractivity contribution in [3.05, 3.63) is 61.9 Å². The van der Waals surface area contributed by atoms with E-state index in [1.54, 1.807) is 0 Å². The van der Waals surface area contributed by atoms with E-state index in [1.807, 2.05) is 50.3 Å². The quantitative estimate of drug-likeness (QED) is 0.730. The molecule has 0 radical (unpaired) electrons. The third kappa shape index (κ3) is 3.53. The van der Waals surface area contributed by atoms with Crippen LogP contribution >= 0.6 is 0 Å². The van der Waals surface area contributed by atoms with Crippen LogP contribution in [-0.4, -0.2) is 6.10 Å². The first-order valence-corrected chi connectivity index (χ1v) is 7.80. The molecule has 0 saturated carbocycles. The molecule has 2 rings (SSSR count). The van der Waals surface area contributed by atoms with Crippen LogP contribution in [-0.2, 0) is 0 Å². The van der Waals surface area contributed by atoms with Crippen molar-refractivity contribution in [1.29, 1.82) is 0 Å². The molecular weight excluding hydrogens is 276 g/mol. The van der Waals surface area contributed by atoms with Crippen LogP contribution in [0, 0.1) is 0 Å². The van der Waals surface area contributed by atoms with Crippen molar-refractivity contribution in [2.24, 2.45) is 0 Å². The highest BCUT2D eigenvalue weighted by atomic mass is 16.5. The third-order valence-corrected chi connectivity index (χ3v) is 3.52. The Balaban J connectivity index is 2.40. The largest absolute Gasteiger partial charge is 0.486 e. The Labute approximate surface area is 130 Å². The fourth-order valence-corrected chi connectivity index (χ4v) is 2.37. The van der Waals surface area contributed by atoms with Crippen LogP contribution in [0.25, 0.3) is 11.6 Å². The predicted octanol–water partition coefficient (Wildman–Crippen LogP) is 3.80. The van der Waals surface area contributed by atoms with Crippen molar-refractivity contribution in [1.82, 2.24) is 0 Å². The van der Waals surface area contributed by atoms with Gasteiger partial charge in [0.15, 0.2) is 5.75 Å². The first-order chi connectivity index (χ1) is 10.5. The summed E-state index contributed by atoms with van der Waals surface area (Å²) in [5.41, 5.74) is 1.61. The van der Waals surface area contributed by atoms with Gasteiger partial charge in [0.2, 0.25) is 5.43 Å². The maximum Gasteiger partial charge on any atom is 0.268 e. The lowest BCUT2D eigenvalue weighted by Crippen LogP contribution is -2.36. The summed E-state index contributed by atoms with van der Waals surface area (Å²) in [6.45, 7) is 5.83. The Morgan fingerprint density at radius 3 is 2.41 bits per heavy atom. The SMILES string of the molecule is CCCC/C(=C/c1c(OC(C)C)c(=O)c1=O)c1ccccc1. The average Bonchev–Trinajstić information content (AvgIpc) is 2.53. The Bertz CT molecular complexity index is 717. The molecule has 0 fully saturated rings. The summed E-state index contributed by atoms with van der Waals surface area (Å²) >= 11 is 0. The minimum Gasteiger partial charge on any atom is -0.486 e. The topological polar surface area (TPSA) is 43.4 Å². The molecule has 0 atom stereocenters. The normalized spacial score (nSPS) is 12.1. The molecule has 0 unspecified atom stereocenters. The van der Waals surface area contributed by atoms with Gasteiger partial charge in [-0.05, 0) is 43.9 Å². The van der Waals surface area contributed by atoms with Gasteiger partial charge in [-0.15, -0.1) is 0 Å². The molecule has 116 valence electrons. The van der Waals surface area contributed by atoms with Crippen molar-refractivity contribution in [2.75, 3.05) is 0 Å². The zero-order valence-corrected chi connectivity index (χ0v) is 13.4. The minimum absolute atomic E-state index is 0.119. The molecular formula is C19H22O3. The summed E-state index contributed by atoms with van der Waals surface area (Å²) in [5, 5.41) is 0. The molecule has 0 aliphatic carbocycles. The number of hydrogen-bond donors (Lipinski definition) is 0. The highest BCUT2D eigenvalue weighted by Crippen LogP contribution is 2.26. The summed E-state index contributed by atoms with van der Waals surface area (Å²) in [5.74, 6) is 0.213. The monoisotopic (exact) mass is 298 g/mol. The van der Waals surface area contributed by atoms with Crippen LogP contribution in [0.5, 0.6) is 5.75 Å². The molecule has 3 nitrogen and oxygen atoms in total. The maximum absolute atomic E-state index is 11.9. The van der Waals surface area contributed by atoms with Crippen LogP contribution in [0.2, 0.25) is 0 Å². The van der Waals surface area contributed by atoms with Crippen LogP contribution in [0.3, 0.4) is 0 Å². The van der Waals surface area contributed by atoms with E-state index in [1.165, 1.54) is 0 Å². The molecule has 0 spiro atoms. The molecule has 0 saturated heterocycles. The number of benzene rings is 1. The van der Waals surface area contributed by atoms with E-state index in [9.17, 15) is 9.59 Å². The van der Waals surface area contributed by atoms with Gasteiger partial charge in [-0.3, -0.25) is 9.59 Å². The van der Waals surface area contributed by atoms with E-state index in [0.717, 1.165) is 30.4 Å². The highest BCUT2D eigenvalue weighted by Gasteiger charge is 2.22. The van der Waals surface area contributed by atoms with Gasteiger partial charge in [0.05, 0.1) is 11.7 Å². The van der Waals surface area contributed by atoms with Crippen molar-refractivity contribution in [2.45, 2.75) is 46.1 Å². The van der Waals surface area contributed by atoms with E-state index in [2.05, 4.69) is 6.92 Å². The summed E-state index contributed by atoms with van der Waals surface area (Å²) in [6, 6.07) is 9.96. The van der Waals surface area contributed by atoms with Crippen LogP contribution < -0.4 is 15.6 Å². The number of hydrogen-bond acceptors (Lipinski definition) is 3. The van der Waals surface area contributed by atoms with Gasteiger partial charge >= 0.3 is 0 Å². The van der Waals surface area contributed by atoms with Gasteiger partial charge in [-0.25, -0.2) is 0 Å². The summed E-state index contributed by atoms with van der Waals surface area (Å²) in [4.78, 5) is 23.5. The average molecular weight is 298 g/mol. The predicted molar refractivity (Wildman–Crippen MR) is 91.0 cm³/mol. The fourth-order valence-electron chi connectivity index (χ4n) is 2.37. The van der Waals surface area contributed by atoms with Crippen molar-refractivity contribution in [3.8, 4) is 5.75 Å². The molecule has 3 heteroatoms. The van der Waals surface area contributed by atoms with Gasteiger partial charge in [0.25, 0.3) is 5.43 Å². The minimum atomic E-state index is -0.511. The van der Waals surface area contributed by atoms with Gasteiger partial charge in [-0.1, -0.05) is 43.7 Å². The van der Waals surface area contributed by atoms with Crippen molar-refractivity contribution in [3.63, 3.8) is 0 Å². The number of ether oxygens (including phenoxy) is 1. The second-order valence-electron chi connectivity index (χ2n) is 5.71. The molecule has 0 amide bonds. The molecule has 22 heavy (non-hydrogen) atoms. The van der Waals surface area contributed by atoms with Crippen molar-refractivity contribution >= 4 is 11.6 Å². The third-order valence-electron chi connectivity index (χ3n) is 3.52. The number of rotatable bonds is 7. The fraction of sp³-hybridized carbons (Fsp3) is 0.368. The Morgan fingerprint density at radius 1 is 1.14 bits per heavy atom. The Morgan fingerprint density at radius 2 is 1.82 bits per heavy atom. The molecule has 2 aromatic carbocycles. The molecule has 2 aromatic rings. The van der Waals surface area contributed by atoms with Gasteiger partial charge in [0.1, 0.15) is 0 Å². The lowest BCUT2D eigenvalue weighted by Gasteiger charge is -2.14. The van der Waals surface area contributed by atoms with E-state index in [0.29, 0.717) is 5.56 Å². The second-order valence-corrected chi connectivity index (χ2v) is 5.71. The van der Waals surface area contributed by atoms with E-state index >= 15 is 0 Å². The Kier molecular flexibility index (Phi) is 5.31. The molecule has 0 aliphatic rings. The van der Waals surface area contributed by atoms with E-state index < -0.39 is 10.9 Å². The van der Waals surface area contributed by atoms with Gasteiger partial charge in [0, 0.05) is 0 Å².